The highest BCUT2D eigenvalue weighted by atomic mass is 16.2. The first-order chi connectivity index (χ1) is 11.1. The van der Waals surface area contributed by atoms with Gasteiger partial charge in [-0.2, -0.15) is 0 Å². The van der Waals surface area contributed by atoms with Crippen molar-refractivity contribution in [2.75, 3.05) is 13.1 Å². The molecule has 2 heterocycles. The second kappa shape index (κ2) is 6.50. The van der Waals surface area contributed by atoms with Gasteiger partial charge in [-0.05, 0) is 5.56 Å². The van der Waals surface area contributed by atoms with E-state index < -0.39 is 0 Å². The number of benzene rings is 1. The molecule has 0 bridgehead atoms. The van der Waals surface area contributed by atoms with Gasteiger partial charge in [0.05, 0.1) is 26.1 Å². The molecule has 6 nitrogen and oxygen atoms in total. The summed E-state index contributed by atoms with van der Waals surface area (Å²) >= 11 is 0. The van der Waals surface area contributed by atoms with Gasteiger partial charge < -0.3 is 10.6 Å². The van der Waals surface area contributed by atoms with Crippen molar-refractivity contribution in [1.82, 2.24) is 4.90 Å². The molecular weight excluding hydrogens is 294 g/mol. The number of carbonyl (C=O) groups excluding carboxylic acids is 3. The molecule has 0 aromatic heterocycles. The molecule has 0 spiro atoms. The topological polar surface area (TPSA) is 84.9 Å². The summed E-state index contributed by atoms with van der Waals surface area (Å²) in [7, 11) is 0. The fourth-order valence-corrected chi connectivity index (χ4v) is 3.56. The standard InChI is InChI=1S/C17H21N3O3/c18-16(22)13-6-8-19(9-7-13)14-10-15(21)20(17(14)23)11-12-4-2-1-3-5-12/h1-5,13-14H,6-11H2,(H2,18,22)/p+1/t14-/m0/s1. The van der Waals surface area contributed by atoms with E-state index in [1.807, 2.05) is 30.3 Å². The minimum atomic E-state index is -0.306. The predicted octanol–water partition coefficient (Wildman–Crippen LogP) is -0.906. The number of imide groups is 1. The van der Waals surface area contributed by atoms with Crippen LogP contribution in [0.3, 0.4) is 0 Å². The van der Waals surface area contributed by atoms with E-state index in [0.717, 1.165) is 23.6 Å². The number of nitrogens with one attached hydrogen (secondary N) is 1. The van der Waals surface area contributed by atoms with Crippen molar-refractivity contribution in [2.45, 2.75) is 31.8 Å². The zero-order valence-corrected chi connectivity index (χ0v) is 13.0. The number of hydrogen-bond donors (Lipinski definition) is 2. The number of nitrogens with zero attached hydrogens (tertiary/aromatic N) is 1. The van der Waals surface area contributed by atoms with Crippen LogP contribution in [0.4, 0.5) is 0 Å². The molecule has 23 heavy (non-hydrogen) atoms. The maximum atomic E-state index is 12.6. The lowest BCUT2D eigenvalue weighted by atomic mass is 9.95. The van der Waals surface area contributed by atoms with Crippen LogP contribution in [0.15, 0.2) is 30.3 Å². The number of carbonyl (C=O) groups is 3. The molecule has 2 aliphatic rings. The number of primary amides is 1. The van der Waals surface area contributed by atoms with Gasteiger partial charge in [-0.3, -0.25) is 19.3 Å². The molecule has 3 rings (SSSR count). The van der Waals surface area contributed by atoms with E-state index in [1.54, 1.807) is 0 Å². The second-order valence-electron chi connectivity index (χ2n) is 6.40. The zero-order valence-electron chi connectivity index (χ0n) is 13.0. The molecule has 1 atom stereocenters. The van der Waals surface area contributed by atoms with Gasteiger partial charge in [0.1, 0.15) is 0 Å². The Kier molecular flexibility index (Phi) is 4.43. The maximum Gasteiger partial charge on any atom is 0.288 e. The van der Waals surface area contributed by atoms with E-state index in [9.17, 15) is 14.4 Å². The van der Waals surface area contributed by atoms with Crippen molar-refractivity contribution >= 4 is 17.7 Å². The average Bonchev–Trinajstić information content (AvgIpc) is 2.84. The predicted molar refractivity (Wildman–Crippen MR) is 83.0 cm³/mol. The maximum absolute atomic E-state index is 12.6. The Labute approximate surface area is 135 Å². The first-order valence-corrected chi connectivity index (χ1v) is 8.08. The lowest BCUT2D eigenvalue weighted by Gasteiger charge is -2.30. The van der Waals surface area contributed by atoms with Gasteiger partial charge in [0.15, 0.2) is 6.04 Å². The lowest BCUT2D eigenvalue weighted by molar-refractivity contribution is -0.920. The summed E-state index contributed by atoms with van der Waals surface area (Å²) in [6.07, 6.45) is 1.66. The van der Waals surface area contributed by atoms with Crippen molar-refractivity contribution in [3.63, 3.8) is 0 Å². The van der Waals surface area contributed by atoms with E-state index in [-0.39, 0.29) is 36.1 Å². The smallest absolute Gasteiger partial charge is 0.288 e. The Bertz CT molecular complexity index is 609. The summed E-state index contributed by atoms with van der Waals surface area (Å²) in [4.78, 5) is 38.6. The van der Waals surface area contributed by atoms with E-state index in [2.05, 4.69) is 0 Å². The van der Waals surface area contributed by atoms with E-state index in [0.29, 0.717) is 19.4 Å². The summed E-state index contributed by atoms with van der Waals surface area (Å²) in [5, 5.41) is 0. The molecule has 2 fully saturated rings. The Hall–Kier alpha value is -2.21. The molecule has 0 radical (unpaired) electrons. The highest BCUT2D eigenvalue weighted by molar-refractivity contribution is 6.04. The monoisotopic (exact) mass is 316 g/mol. The summed E-state index contributed by atoms with van der Waals surface area (Å²) in [6.45, 7) is 1.78. The summed E-state index contributed by atoms with van der Waals surface area (Å²) < 4.78 is 0. The first-order valence-electron chi connectivity index (χ1n) is 8.08. The van der Waals surface area contributed by atoms with Crippen molar-refractivity contribution in [3.8, 4) is 0 Å². The van der Waals surface area contributed by atoms with Crippen LogP contribution in [0.1, 0.15) is 24.8 Å². The van der Waals surface area contributed by atoms with Crippen LogP contribution in [0.25, 0.3) is 0 Å². The molecule has 0 unspecified atom stereocenters. The number of rotatable bonds is 4. The van der Waals surface area contributed by atoms with Crippen LogP contribution >= 0.6 is 0 Å². The van der Waals surface area contributed by atoms with E-state index in [1.165, 1.54) is 4.90 Å². The number of likely N-dealkylation sites (tertiary alicyclic amines) is 2. The third-order valence-corrected chi connectivity index (χ3v) is 4.95. The minimum Gasteiger partial charge on any atom is -0.369 e. The molecule has 1 aromatic carbocycles. The Morgan fingerprint density at radius 3 is 2.43 bits per heavy atom. The van der Waals surface area contributed by atoms with Gasteiger partial charge in [-0.1, -0.05) is 30.3 Å². The Balaban J connectivity index is 1.64. The van der Waals surface area contributed by atoms with Gasteiger partial charge in [-0.25, -0.2) is 0 Å². The zero-order chi connectivity index (χ0) is 16.4. The largest absolute Gasteiger partial charge is 0.369 e. The van der Waals surface area contributed by atoms with Gasteiger partial charge in [-0.15, -0.1) is 0 Å². The Morgan fingerprint density at radius 1 is 1.17 bits per heavy atom. The van der Waals surface area contributed by atoms with E-state index in [4.69, 9.17) is 5.73 Å². The lowest BCUT2D eigenvalue weighted by Crippen LogP contribution is -3.17. The molecule has 2 aliphatic heterocycles. The number of hydrogen-bond acceptors (Lipinski definition) is 3. The average molecular weight is 316 g/mol. The molecular formula is C17H22N3O3+. The molecule has 0 aliphatic carbocycles. The first kappa shape index (κ1) is 15.7. The highest BCUT2D eigenvalue weighted by Crippen LogP contribution is 2.17. The molecule has 2 saturated heterocycles. The molecule has 6 heteroatoms. The number of piperidine rings is 1. The number of amides is 3. The summed E-state index contributed by atoms with van der Waals surface area (Å²) in [6, 6.07) is 9.24. The van der Waals surface area contributed by atoms with E-state index >= 15 is 0 Å². The van der Waals surface area contributed by atoms with Crippen molar-refractivity contribution in [1.29, 1.82) is 0 Å². The fraction of sp³-hybridized carbons (Fsp3) is 0.471. The quantitative estimate of drug-likeness (QED) is 0.706. The van der Waals surface area contributed by atoms with Gasteiger partial charge in [0.25, 0.3) is 5.91 Å². The van der Waals surface area contributed by atoms with Crippen LogP contribution < -0.4 is 10.6 Å². The highest BCUT2D eigenvalue weighted by Gasteiger charge is 2.46. The van der Waals surface area contributed by atoms with Gasteiger partial charge in [0, 0.05) is 18.8 Å². The molecule has 0 saturated carbocycles. The van der Waals surface area contributed by atoms with Crippen molar-refractivity contribution in [2.24, 2.45) is 11.7 Å². The van der Waals surface area contributed by atoms with Crippen LogP contribution in [0, 0.1) is 5.92 Å². The van der Waals surface area contributed by atoms with Crippen LogP contribution in [0.5, 0.6) is 0 Å². The normalized spacial score (nSPS) is 28.2. The summed E-state index contributed by atoms with van der Waals surface area (Å²) in [5.41, 5.74) is 6.30. The second-order valence-corrected chi connectivity index (χ2v) is 6.40. The SMILES string of the molecule is NC(=O)C1CC[NH+]([C@H]2CC(=O)N(Cc3ccccc3)C2=O)CC1. The number of nitrogens with two attached hydrogens (primary N) is 1. The van der Waals surface area contributed by atoms with Crippen LogP contribution in [0.2, 0.25) is 0 Å². The minimum absolute atomic E-state index is 0.0913. The molecule has 3 N–H and O–H groups in total. The molecule has 3 amide bonds. The van der Waals surface area contributed by atoms with Crippen molar-refractivity contribution in [3.05, 3.63) is 35.9 Å². The summed E-state index contributed by atoms with van der Waals surface area (Å²) in [5.74, 6) is -0.547. The van der Waals surface area contributed by atoms with Gasteiger partial charge in [0.2, 0.25) is 11.8 Å². The number of quaternary nitrogens is 1. The third-order valence-electron chi connectivity index (χ3n) is 4.95. The van der Waals surface area contributed by atoms with Crippen LogP contribution in [-0.4, -0.2) is 41.8 Å². The van der Waals surface area contributed by atoms with Crippen molar-refractivity contribution < 1.29 is 19.3 Å². The van der Waals surface area contributed by atoms with Gasteiger partial charge >= 0.3 is 0 Å². The molecule has 1 aromatic rings. The van der Waals surface area contributed by atoms with Crippen LogP contribution in [-0.2, 0) is 20.9 Å². The third kappa shape index (κ3) is 3.27. The molecule has 122 valence electrons. The Morgan fingerprint density at radius 2 is 1.83 bits per heavy atom. The fourth-order valence-electron chi connectivity index (χ4n) is 3.56.